The van der Waals surface area contributed by atoms with Gasteiger partial charge in [-0.2, -0.15) is 0 Å². The minimum atomic E-state index is -0.712. The number of nitrogens with one attached hydrogen (secondary N) is 1. The lowest BCUT2D eigenvalue weighted by atomic mass is 9.77. The Morgan fingerprint density at radius 1 is 1.28 bits per heavy atom. The average molecular weight is 391 g/mol. The Hall–Kier alpha value is -3.19. The molecule has 1 spiro atoms. The van der Waals surface area contributed by atoms with Gasteiger partial charge < -0.3 is 19.7 Å². The van der Waals surface area contributed by atoms with Crippen LogP contribution in [0, 0.1) is 11.8 Å². The minimum Gasteiger partial charge on any atom is -0.497 e. The molecule has 2 aromatic rings. The van der Waals surface area contributed by atoms with Crippen molar-refractivity contribution in [2.45, 2.75) is 18.2 Å². The summed E-state index contributed by atoms with van der Waals surface area (Å²) in [6.45, 7) is 0.937. The van der Waals surface area contributed by atoms with Crippen molar-refractivity contribution in [3.8, 4) is 5.75 Å². The Morgan fingerprint density at radius 2 is 2.03 bits per heavy atom. The topological polar surface area (TPSA) is 80.8 Å². The summed E-state index contributed by atoms with van der Waals surface area (Å²) < 4.78 is 11.3. The molecule has 3 aliphatic heterocycles. The van der Waals surface area contributed by atoms with Crippen molar-refractivity contribution in [2.75, 3.05) is 19.0 Å². The number of benzene rings is 1. The molecule has 0 unspecified atom stereocenters. The number of carbonyl (C=O) groups excluding carboxylic acids is 2. The molecule has 29 heavy (non-hydrogen) atoms. The average Bonchev–Trinajstić information content (AvgIpc) is 3.38. The fourth-order valence-electron chi connectivity index (χ4n) is 4.62. The van der Waals surface area contributed by atoms with Crippen LogP contribution < -0.4 is 10.1 Å². The predicted molar refractivity (Wildman–Crippen MR) is 105 cm³/mol. The van der Waals surface area contributed by atoms with E-state index >= 15 is 0 Å². The Bertz CT molecular complexity index is 975. The molecule has 3 aliphatic rings. The number of carbonyl (C=O) groups is 2. The molecule has 0 saturated carbocycles. The van der Waals surface area contributed by atoms with Gasteiger partial charge in [0.25, 0.3) is 0 Å². The quantitative estimate of drug-likeness (QED) is 0.789. The third-order valence-electron chi connectivity index (χ3n) is 5.96. The number of aromatic nitrogens is 1. The molecule has 2 fully saturated rings. The van der Waals surface area contributed by atoms with Crippen LogP contribution in [0.1, 0.15) is 5.56 Å². The maximum absolute atomic E-state index is 13.2. The van der Waals surface area contributed by atoms with E-state index in [1.54, 1.807) is 48.7 Å². The summed E-state index contributed by atoms with van der Waals surface area (Å²) in [5.41, 5.74) is 0.953. The number of fused-ring (bicyclic) bond motifs is 1. The third-order valence-corrected chi connectivity index (χ3v) is 5.96. The highest BCUT2D eigenvalue weighted by Crippen LogP contribution is 2.52. The molecule has 0 radical (unpaired) electrons. The van der Waals surface area contributed by atoms with Crippen molar-refractivity contribution >= 4 is 17.5 Å². The molecule has 148 valence electrons. The van der Waals surface area contributed by atoms with Crippen LogP contribution in [-0.2, 0) is 20.9 Å². The summed E-state index contributed by atoms with van der Waals surface area (Å²) >= 11 is 0. The summed E-state index contributed by atoms with van der Waals surface area (Å²) in [7, 11) is 1.59. The normalized spacial score (nSPS) is 29.2. The molecule has 2 amide bonds. The van der Waals surface area contributed by atoms with Gasteiger partial charge in [-0.1, -0.05) is 12.2 Å². The number of hydrogen-bond acceptors (Lipinski definition) is 5. The highest BCUT2D eigenvalue weighted by molar-refractivity contribution is 5.99. The summed E-state index contributed by atoms with van der Waals surface area (Å²) in [5.74, 6) is -0.570. The highest BCUT2D eigenvalue weighted by atomic mass is 16.5. The van der Waals surface area contributed by atoms with Gasteiger partial charge in [0, 0.05) is 24.6 Å². The molecular weight excluding hydrogens is 370 g/mol. The van der Waals surface area contributed by atoms with Crippen molar-refractivity contribution in [1.82, 2.24) is 9.88 Å². The molecule has 0 aliphatic carbocycles. The number of rotatable bonds is 5. The highest BCUT2D eigenvalue weighted by Gasteiger charge is 2.66. The molecule has 1 aromatic carbocycles. The number of amides is 2. The Kier molecular flexibility index (Phi) is 4.13. The monoisotopic (exact) mass is 391 g/mol. The van der Waals surface area contributed by atoms with Gasteiger partial charge in [0.1, 0.15) is 11.4 Å². The van der Waals surface area contributed by atoms with Gasteiger partial charge in [0.2, 0.25) is 11.8 Å². The molecule has 4 atom stereocenters. The van der Waals surface area contributed by atoms with Crippen molar-refractivity contribution < 1.29 is 19.1 Å². The van der Waals surface area contributed by atoms with E-state index in [4.69, 9.17) is 9.47 Å². The first-order valence-corrected chi connectivity index (χ1v) is 9.59. The van der Waals surface area contributed by atoms with E-state index in [2.05, 4.69) is 10.3 Å². The smallest absolute Gasteiger partial charge is 0.231 e. The third kappa shape index (κ3) is 2.89. The van der Waals surface area contributed by atoms with E-state index in [1.165, 1.54) is 0 Å². The SMILES string of the molecule is COc1ccc(NC(=O)[C@@H]2[C@H]3C=C[C@]4(CN(Cc5ccncc5)C(=O)[C@@H]24)O3)cc1. The first-order chi connectivity index (χ1) is 14.1. The summed E-state index contributed by atoms with van der Waals surface area (Å²) in [4.78, 5) is 32.1. The van der Waals surface area contributed by atoms with Crippen molar-refractivity contribution in [1.29, 1.82) is 0 Å². The molecular formula is C22H21N3O4. The molecule has 7 heteroatoms. The zero-order valence-electron chi connectivity index (χ0n) is 15.9. The van der Waals surface area contributed by atoms with Gasteiger partial charge in [-0.25, -0.2) is 0 Å². The van der Waals surface area contributed by atoms with Crippen molar-refractivity contribution in [3.05, 3.63) is 66.5 Å². The second-order valence-corrected chi connectivity index (χ2v) is 7.67. The van der Waals surface area contributed by atoms with Gasteiger partial charge in [0.05, 0.1) is 31.6 Å². The number of ether oxygens (including phenoxy) is 2. The lowest BCUT2D eigenvalue weighted by Gasteiger charge is -2.23. The number of anilines is 1. The Balaban J connectivity index is 1.36. The van der Waals surface area contributed by atoms with E-state index in [9.17, 15) is 9.59 Å². The first kappa shape index (κ1) is 17.9. The number of pyridine rings is 1. The molecule has 2 saturated heterocycles. The number of nitrogens with zero attached hydrogens (tertiary/aromatic N) is 2. The first-order valence-electron chi connectivity index (χ1n) is 9.59. The standard InChI is InChI=1S/C22H21N3O4/c1-28-16-4-2-15(3-5-16)24-20(26)18-17-6-9-22(29-17)13-25(21(27)19(18)22)12-14-7-10-23-11-8-14/h2-11,17-19H,12-13H2,1H3,(H,24,26)/t17-,18-,19-,22-/m1/s1. The van der Waals surface area contributed by atoms with E-state index in [-0.39, 0.29) is 17.9 Å². The second-order valence-electron chi connectivity index (χ2n) is 7.67. The number of likely N-dealkylation sites (tertiary alicyclic amines) is 1. The molecule has 5 rings (SSSR count). The summed E-state index contributed by atoms with van der Waals surface area (Å²) in [6, 6.07) is 10.9. The van der Waals surface area contributed by atoms with Crippen LogP contribution >= 0.6 is 0 Å². The molecule has 1 N–H and O–H groups in total. The zero-order valence-corrected chi connectivity index (χ0v) is 15.9. The Labute approximate surface area is 168 Å². The van der Waals surface area contributed by atoms with Crippen LogP contribution in [0.2, 0.25) is 0 Å². The summed E-state index contributed by atoms with van der Waals surface area (Å²) in [6.07, 6.45) is 6.93. The van der Waals surface area contributed by atoms with E-state index in [0.29, 0.717) is 24.5 Å². The van der Waals surface area contributed by atoms with E-state index in [0.717, 1.165) is 5.56 Å². The Morgan fingerprint density at radius 3 is 2.76 bits per heavy atom. The number of methoxy groups -OCH3 is 1. The van der Waals surface area contributed by atoms with Crippen molar-refractivity contribution in [2.24, 2.45) is 11.8 Å². The zero-order chi connectivity index (χ0) is 20.0. The molecule has 1 aromatic heterocycles. The lowest BCUT2D eigenvalue weighted by Crippen LogP contribution is -2.41. The predicted octanol–water partition coefficient (Wildman–Crippen LogP) is 2.01. The molecule has 7 nitrogen and oxygen atoms in total. The van der Waals surface area contributed by atoms with Crippen molar-refractivity contribution in [3.63, 3.8) is 0 Å². The number of hydrogen-bond donors (Lipinski definition) is 1. The second kappa shape index (κ2) is 6.70. The summed E-state index contributed by atoms with van der Waals surface area (Å²) in [5, 5.41) is 2.93. The van der Waals surface area contributed by atoms with Gasteiger partial charge in [-0.15, -0.1) is 0 Å². The maximum atomic E-state index is 13.2. The van der Waals surface area contributed by atoms with Gasteiger partial charge >= 0.3 is 0 Å². The van der Waals surface area contributed by atoms with Crippen LogP contribution in [0.25, 0.3) is 0 Å². The fourth-order valence-corrected chi connectivity index (χ4v) is 4.62. The lowest BCUT2D eigenvalue weighted by molar-refractivity contribution is -0.136. The fraction of sp³-hybridized carbons (Fsp3) is 0.318. The van der Waals surface area contributed by atoms with Gasteiger partial charge in [0.15, 0.2) is 0 Å². The van der Waals surface area contributed by atoms with Gasteiger partial charge in [-0.05, 0) is 42.0 Å². The van der Waals surface area contributed by atoms with Crippen LogP contribution in [0.15, 0.2) is 60.9 Å². The van der Waals surface area contributed by atoms with Crippen LogP contribution in [-0.4, -0.2) is 47.1 Å². The minimum absolute atomic E-state index is 0.0384. The van der Waals surface area contributed by atoms with E-state index in [1.807, 2.05) is 24.3 Å². The van der Waals surface area contributed by atoms with E-state index < -0.39 is 17.4 Å². The largest absolute Gasteiger partial charge is 0.497 e. The molecule has 2 bridgehead atoms. The van der Waals surface area contributed by atoms with Crippen LogP contribution in [0.3, 0.4) is 0 Å². The van der Waals surface area contributed by atoms with Crippen LogP contribution in [0.4, 0.5) is 5.69 Å². The van der Waals surface area contributed by atoms with Crippen LogP contribution in [0.5, 0.6) is 5.75 Å². The maximum Gasteiger partial charge on any atom is 0.231 e. The van der Waals surface area contributed by atoms with Gasteiger partial charge in [-0.3, -0.25) is 14.6 Å². The molecule has 4 heterocycles.